The van der Waals surface area contributed by atoms with Crippen LogP contribution >= 0.6 is 0 Å². The first-order valence-corrected chi connectivity index (χ1v) is 10.2. The molecule has 0 spiro atoms. The van der Waals surface area contributed by atoms with E-state index in [4.69, 9.17) is 0 Å². The highest BCUT2D eigenvalue weighted by atomic mass is 19.1. The maximum absolute atomic E-state index is 14.0. The van der Waals surface area contributed by atoms with Gasteiger partial charge in [0.1, 0.15) is 17.5 Å². The number of carbonyl (C=O) groups excluding carboxylic acids is 2. The highest BCUT2D eigenvalue weighted by Gasteiger charge is 2.61. The number of hydrogen-bond donors (Lipinski definition) is 3. The van der Waals surface area contributed by atoms with Crippen molar-refractivity contribution >= 4 is 11.8 Å². The number of hydrogen-bond acceptors (Lipinski definition) is 4. The van der Waals surface area contributed by atoms with E-state index in [1.165, 1.54) is 19.2 Å². The van der Waals surface area contributed by atoms with Crippen molar-refractivity contribution in [2.75, 3.05) is 7.05 Å². The van der Waals surface area contributed by atoms with Crippen LogP contribution in [0.2, 0.25) is 0 Å². The third-order valence-electron chi connectivity index (χ3n) is 6.28. The van der Waals surface area contributed by atoms with Crippen molar-refractivity contribution in [3.05, 3.63) is 64.5 Å². The number of nitrogens with one attached hydrogen (secondary N) is 2. The molecule has 3 atom stereocenters. The second-order valence-corrected chi connectivity index (χ2v) is 8.65. The average Bonchev–Trinajstić information content (AvgIpc) is 3.19. The molecule has 2 aliphatic carbocycles. The predicted octanol–water partition coefficient (Wildman–Crippen LogP) is 2.70. The van der Waals surface area contributed by atoms with Crippen molar-refractivity contribution in [1.82, 2.24) is 15.6 Å². The van der Waals surface area contributed by atoms with Crippen LogP contribution in [-0.2, 0) is 0 Å². The van der Waals surface area contributed by atoms with Gasteiger partial charge in [-0.3, -0.25) is 9.59 Å². The monoisotopic (exact) mass is 411 g/mol. The Labute approximate surface area is 174 Å². The molecule has 4 rings (SSSR count). The topological polar surface area (TPSA) is 91.3 Å². The molecular formula is C23H26FN3O3. The van der Waals surface area contributed by atoms with Crippen molar-refractivity contribution in [3.63, 3.8) is 0 Å². The lowest BCUT2D eigenvalue weighted by atomic mass is 9.99. The van der Waals surface area contributed by atoms with E-state index < -0.39 is 17.7 Å². The minimum Gasteiger partial charge on any atom is -0.382 e. The summed E-state index contributed by atoms with van der Waals surface area (Å²) < 4.78 is 14.0. The van der Waals surface area contributed by atoms with Gasteiger partial charge in [0.15, 0.2) is 0 Å². The fraction of sp³-hybridized carbons (Fsp3) is 0.435. The smallest absolute Gasteiger partial charge is 0.269 e. The fourth-order valence-corrected chi connectivity index (χ4v) is 4.64. The summed E-state index contributed by atoms with van der Waals surface area (Å²) in [5.41, 5.74) is 0.916. The van der Waals surface area contributed by atoms with Gasteiger partial charge < -0.3 is 15.7 Å². The molecule has 1 aromatic carbocycles. The number of benzene rings is 1. The molecule has 2 aliphatic rings. The van der Waals surface area contributed by atoms with Crippen LogP contribution in [0.15, 0.2) is 36.4 Å². The minimum atomic E-state index is -1.15. The fourth-order valence-electron chi connectivity index (χ4n) is 4.64. The zero-order valence-electron chi connectivity index (χ0n) is 17.3. The maximum atomic E-state index is 14.0. The molecule has 158 valence electrons. The van der Waals surface area contributed by atoms with Crippen molar-refractivity contribution in [3.8, 4) is 0 Å². The number of fused-ring (bicyclic) bond motifs is 1. The molecular weight excluding hydrogens is 385 g/mol. The van der Waals surface area contributed by atoms with Crippen LogP contribution in [0.3, 0.4) is 0 Å². The van der Waals surface area contributed by atoms with Crippen LogP contribution in [-0.4, -0.2) is 40.7 Å². The third kappa shape index (κ3) is 3.81. The number of halogens is 1. The van der Waals surface area contributed by atoms with E-state index in [-0.39, 0.29) is 40.7 Å². The molecule has 2 aromatic rings. The van der Waals surface area contributed by atoms with Gasteiger partial charge in [0.05, 0.1) is 5.69 Å². The predicted molar refractivity (Wildman–Crippen MR) is 110 cm³/mol. The molecule has 1 aromatic heterocycles. The second kappa shape index (κ2) is 7.47. The molecule has 3 unspecified atom stereocenters. The minimum absolute atomic E-state index is 0.0392. The van der Waals surface area contributed by atoms with Crippen LogP contribution in [0.25, 0.3) is 0 Å². The summed E-state index contributed by atoms with van der Waals surface area (Å²) in [6.45, 7) is 3.48. The first-order valence-electron chi connectivity index (χ1n) is 10.2. The molecule has 0 bridgehead atoms. The highest BCUT2D eigenvalue weighted by molar-refractivity contribution is 5.99. The zero-order chi connectivity index (χ0) is 21.6. The van der Waals surface area contributed by atoms with Crippen molar-refractivity contribution in [1.29, 1.82) is 0 Å². The SMILES string of the molecule is CNC(=O)c1cc(C(=O)NC2C3CC(C)(F)CC32)cc(C(O)c2ccccc2C)n1. The molecule has 2 saturated carbocycles. The number of aliphatic hydroxyl groups excluding tert-OH is 1. The van der Waals surface area contributed by atoms with Crippen molar-refractivity contribution in [2.45, 2.75) is 44.5 Å². The molecule has 6 nitrogen and oxygen atoms in total. The molecule has 0 radical (unpaired) electrons. The van der Waals surface area contributed by atoms with Crippen molar-refractivity contribution < 1.29 is 19.1 Å². The Hall–Kier alpha value is -2.80. The number of aryl methyl sites for hydroxylation is 1. The van der Waals surface area contributed by atoms with Crippen LogP contribution in [0, 0.1) is 18.8 Å². The van der Waals surface area contributed by atoms with Gasteiger partial charge in [0.2, 0.25) is 0 Å². The number of aromatic nitrogens is 1. The summed E-state index contributed by atoms with van der Waals surface area (Å²) >= 11 is 0. The van der Waals surface area contributed by atoms with E-state index in [1.807, 2.05) is 25.1 Å². The van der Waals surface area contributed by atoms with E-state index in [0.29, 0.717) is 18.4 Å². The Bertz CT molecular complexity index is 993. The van der Waals surface area contributed by atoms with E-state index in [9.17, 15) is 19.1 Å². The number of aliphatic hydroxyl groups is 1. The van der Waals surface area contributed by atoms with Gasteiger partial charge in [-0.2, -0.15) is 0 Å². The molecule has 0 aliphatic heterocycles. The average molecular weight is 411 g/mol. The molecule has 30 heavy (non-hydrogen) atoms. The number of carbonyl (C=O) groups is 2. The van der Waals surface area contributed by atoms with E-state index in [2.05, 4.69) is 15.6 Å². The van der Waals surface area contributed by atoms with E-state index in [1.54, 1.807) is 13.0 Å². The van der Waals surface area contributed by atoms with Crippen molar-refractivity contribution in [2.24, 2.45) is 11.8 Å². The summed E-state index contributed by atoms with van der Waals surface area (Å²) in [7, 11) is 1.48. The Morgan fingerprint density at radius 1 is 1.20 bits per heavy atom. The molecule has 1 heterocycles. The van der Waals surface area contributed by atoms with Gasteiger partial charge in [-0.05, 0) is 61.8 Å². The molecule has 2 fully saturated rings. The van der Waals surface area contributed by atoms with Crippen LogP contribution < -0.4 is 10.6 Å². The lowest BCUT2D eigenvalue weighted by Crippen LogP contribution is -2.32. The second-order valence-electron chi connectivity index (χ2n) is 8.65. The molecule has 7 heteroatoms. The highest BCUT2D eigenvalue weighted by Crippen LogP contribution is 2.57. The number of rotatable bonds is 5. The Kier molecular flexibility index (Phi) is 5.10. The largest absolute Gasteiger partial charge is 0.382 e. The molecule has 0 saturated heterocycles. The summed E-state index contributed by atoms with van der Waals surface area (Å²) in [6, 6.07) is 10.2. The molecule has 2 amide bonds. The van der Waals surface area contributed by atoms with Gasteiger partial charge in [-0.25, -0.2) is 9.37 Å². The van der Waals surface area contributed by atoms with Gasteiger partial charge in [0.25, 0.3) is 11.8 Å². The quantitative estimate of drug-likeness (QED) is 0.706. The first-order chi connectivity index (χ1) is 14.2. The Balaban J connectivity index is 1.60. The van der Waals surface area contributed by atoms with E-state index in [0.717, 1.165) is 5.56 Å². The Morgan fingerprint density at radius 2 is 1.87 bits per heavy atom. The number of pyridine rings is 1. The first kappa shape index (κ1) is 20.5. The van der Waals surface area contributed by atoms with Crippen LogP contribution in [0.5, 0.6) is 0 Å². The zero-order valence-corrected chi connectivity index (χ0v) is 17.3. The Morgan fingerprint density at radius 3 is 2.50 bits per heavy atom. The summed E-state index contributed by atoms with van der Waals surface area (Å²) in [6.07, 6.45) is -0.158. The standard InChI is InChI=1S/C23H26FN3O3/c1-12-6-4-5-7-14(12)20(28)17-8-13(9-18(26-17)22(30)25-3)21(29)27-19-15-10-23(2,24)11-16(15)19/h4-9,15-16,19-20,28H,10-11H2,1-3H3,(H,25,30)(H,27,29). The van der Waals surface area contributed by atoms with Gasteiger partial charge in [0, 0.05) is 18.7 Å². The van der Waals surface area contributed by atoms with Crippen LogP contribution in [0.1, 0.15) is 63.5 Å². The number of nitrogens with zero attached hydrogens (tertiary/aromatic N) is 1. The van der Waals surface area contributed by atoms with Gasteiger partial charge in [-0.15, -0.1) is 0 Å². The lowest BCUT2D eigenvalue weighted by molar-refractivity contribution is 0.0935. The molecule has 3 N–H and O–H groups in total. The number of amides is 2. The summed E-state index contributed by atoms with van der Waals surface area (Å²) in [5, 5.41) is 16.3. The van der Waals surface area contributed by atoms with E-state index >= 15 is 0 Å². The normalized spacial score (nSPS) is 27.8. The summed E-state index contributed by atoms with van der Waals surface area (Å²) in [4.78, 5) is 29.4. The van der Waals surface area contributed by atoms with Gasteiger partial charge >= 0.3 is 0 Å². The number of alkyl halides is 1. The summed E-state index contributed by atoms with van der Waals surface area (Å²) in [5.74, 6) is -0.456. The van der Waals surface area contributed by atoms with Crippen LogP contribution in [0.4, 0.5) is 4.39 Å². The van der Waals surface area contributed by atoms with Gasteiger partial charge in [-0.1, -0.05) is 24.3 Å². The lowest BCUT2D eigenvalue weighted by Gasteiger charge is -2.18. The third-order valence-corrected chi connectivity index (χ3v) is 6.28. The maximum Gasteiger partial charge on any atom is 0.269 e.